The summed E-state index contributed by atoms with van der Waals surface area (Å²) in [4.78, 5) is 14.7. The monoisotopic (exact) mass is 462 g/mol. The highest BCUT2D eigenvalue weighted by molar-refractivity contribution is 6.30. The van der Waals surface area contributed by atoms with Gasteiger partial charge in [-0.2, -0.15) is 0 Å². The van der Waals surface area contributed by atoms with Gasteiger partial charge in [0.15, 0.2) is 0 Å². The third-order valence-corrected chi connectivity index (χ3v) is 6.37. The number of carbonyl (C=O) groups excluding carboxylic acids is 1. The number of hydrogen-bond donors (Lipinski definition) is 2. The Labute approximate surface area is 194 Å². The fraction of sp³-hybridized carbons (Fsp3) is 0.480. The van der Waals surface area contributed by atoms with Crippen LogP contribution in [0, 0.1) is 11.7 Å². The van der Waals surface area contributed by atoms with Crippen LogP contribution in [0.15, 0.2) is 42.5 Å². The minimum absolute atomic E-state index is 0.151. The second-order valence-corrected chi connectivity index (χ2v) is 8.86. The molecule has 0 bridgehead atoms. The molecule has 1 aliphatic heterocycles. The smallest absolute Gasteiger partial charge is 0.309 e. The lowest BCUT2D eigenvalue weighted by molar-refractivity contribution is -0.149. The summed E-state index contributed by atoms with van der Waals surface area (Å²) >= 11 is 6.00. The van der Waals surface area contributed by atoms with Crippen molar-refractivity contribution in [2.24, 2.45) is 11.7 Å². The van der Waals surface area contributed by atoms with Crippen LogP contribution in [0.5, 0.6) is 0 Å². The number of benzene rings is 2. The van der Waals surface area contributed by atoms with Gasteiger partial charge in [-0.1, -0.05) is 35.9 Å². The maximum absolute atomic E-state index is 14.1. The molecular formula is C25H32ClFN2O3. The van der Waals surface area contributed by atoms with Crippen molar-refractivity contribution in [3.8, 4) is 11.1 Å². The first-order valence-electron chi connectivity index (χ1n) is 11.2. The molecule has 1 fully saturated rings. The van der Waals surface area contributed by atoms with Crippen molar-refractivity contribution in [3.05, 3.63) is 58.9 Å². The van der Waals surface area contributed by atoms with E-state index in [9.17, 15) is 14.3 Å². The number of aliphatic hydroxyl groups is 1. The number of aliphatic hydroxyl groups excluding tert-OH is 1. The van der Waals surface area contributed by atoms with E-state index in [1.807, 2.05) is 24.3 Å². The van der Waals surface area contributed by atoms with Gasteiger partial charge in [0, 0.05) is 29.2 Å². The van der Waals surface area contributed by atoms with E-state index in [1.165, 1.54) is 12.1 Å². The predicted molar refractivity (Wildman–Crippen MR) is 125 cm³/mol. The molecule has 5 nitrogen and oxygen atoms in total. The largest absolute Gasteiger partial charge is 0.466 e. The Morgan fingerprint density at radius 2 is 2.06 bits per heavy atom. The van der Waals surface area contributed by atoms with Crippen molar-refractivity contribution in [2.75, 3.05) is 26.3 Å². The van der Waals surface area contributed by atoms with E-state index < -0.39 is 0 Å². The van der Waals surface area contributed by atoms with Gasteiger partial charge in [0.1, 0.15) is 5.82 Å². The molecule has 0 unspecified atom stereocenters. The highest BCUT2D eigenvalue weighted by atomic mass is 35.5. The van der Waals surface area contributed by atoms with Crippen molar-refractivity contribution < 1.29 is 19.0 Å². The van der Waals surface area contributed by atoms with Crippen LogP contribution >= 0.6 is 11.6 Å². The van der Waals surface area contributed by atoms with Crippen LogP contribution in [0.3, 0.4) is 0 Å². The predicted octanol–water partition coefficient (Wildman–Crippen LogP) is 4.04. The molecule has 2 aromatic rings. The minimum atomic E-state index is -0.318. The zero-order valence-electron chi connectivity index (χ0n) is 18.5. The Bertz CT molecular complexity index is 891. The van der Waals surface area contributed by atoms with E-state index in [0.29, 0.717) is 36.5 Å². The fourth-order valence-corrected chi connectivity index (χ4v) is 4.37. The van der Waals surface area contributed by atoms with E-state index in [4.69, 9.17) is 22.1 Å². The van der Waals surface area contributed by atoms with Gasteiger partial charge in [-0.3, -0.25) is 9.69 Å². The molecule has 3 N–H and O–H groups in total. The molecule has 1 aliphatic rings. The Kier molecular flexibility index (Phi) is 9.05. The van der Waals surface area contributed by atoms with Crippen molar-refractivity contribution in [2.45, 2.75) is 44.7 Å². The van der Waals surface area contributed by atoms with E-state index >= 15 is 0 Å². The topological polar surface area (TPSA) is 75.8 Å². The summed E-state index contributed by atoms with van der Waals surface area (Å²) in [6.45, 7) is 4.00. The lowest BCUT2D eigenvalue weighted by Gasteiger charge is -2.40. The first kappa shape index (κ1) is 24.6. The first-order valence-corrected chi connectivity index (χ1v) is 11.6. The third-order valence-electron chi connectivity index (χ3n) is 6.14. The Hall–Kier alpha value is -1.99. The molecule has 0 spiro atoms. The molecule has 1 heterocycles. The quantitative estimate of drug-likeness (QED) is 0.493. The summed E-state index contributed by atoms with van der Waals surface area (Å²) < 4.78 is 19.4. The Morgan fingerprint density at radius 3 is 2.69 bits per heavy atom. The van der Waals surface area contributed by atoms with Crippen LogP contribution in [0.2, 0.25) is 5.02 Å². The number of hydrogen-bond acceptors (Lipinski definition) is 5. The Balaban J connectivity index is 1.59. The standard InChI is InChI=1S/C25H32ClFN2O3/c1-2-32-25(31)19(9-11-29-12-10-22(29)16-30)14-21(28)13-17-3-5-18(6-4-17)23-15-20(26)7-8-24(23)27/h3-8,15,19,21-22,30H,2,9-14,16,28H2,1H3/t19-,21-,22-/m1/s1. The highest BCUT2D eigenvalue weighted by Crippen LogP contribution is 2.27. The molecular weight excluding hydrogens is 431 g/mol. The molecule has 1 saturated heterocycles. The first-order chi connectivity index (χ1) is 15.4. The molecule has 0 saturated carbocycles. The average Bonchev–Trinajstić information content (AvgIpc) is 2.75. The normalized spacial score (nSPS) is 18.1. The van der Waals surface area contributed by atoms with Crippen LogP contribution in [0.4, 0.5) is 4.39 Å². The van der Waals surface area contributed by atoms with E-state index in [2.05, 4.69) is 4.90 Å². The highest BCUT2D eigenvalue weighted by Gasteiger charge is 2.29. The summed E-state index contributed by atoms with van der Waals surface area (Å²) in [5.41, 5.74) is 8.63. The third kappa shape index (κ3) is 6.51. The van der Waals surface area contributed by atoms with Crippen molar-refractivity contribution in [1.82, 2.24) is 4.90 Å². The van der Waals surface area contributed by atoms with Crippen LogP contribution in [0.1, 0.15) is 31.7 Å². The van der Waals surface area contributed by atoms with Crippen molar-refractivity contribution in [3.63, 3.8) is 0 Å². The second kappa shape index (κ2) is 11.8. The molecule has 3 atom stereocenters. The van der Waals surface area contributed by atoms with Gasteiger partial charge in [-0.25, -0.2) is 4.39 Å². The van der Waals surface area contributed by atoms with E-state index in [0.717, 1.165) is 30.6 Å². The number of esters is 1. The van der Waals surface area contributed by atoms with Crippen LogP contribution in [-0.4, -0.2) is 54.4 Å². The number of nitrogens with two attached hydrogens (primary N) is 1. The lowest BCUT2D eigenvalue weighted by Crippen LogP contribution is -2.50. The SMILES string of the molecule is CCOC(=O)[C@H](CCN1CC[C@@H]1CO)C[C@H](N)Cc1ccc(-c2cc(Cl)ccc2F)cc1. The minimum Gasteiger partial charge on any atom is -0.466 e. The molecule has 7 heteroatoms. The number of ether oxygens (including phenoxy) is 1. The van der Waals surface area contributed by atoms with Gasteiger partial charge in [0.25, 0.3) is 0 Å². The van der Waals surface area contributed by atoms with Gasteiger partial charge in [-0.15, -0.1) is 0 Å². The number of rotatable bonds is 11. The summed E-state index contributed by atoms with van der Waals surface area (Å²) in [5.74, 6) is -0.803. The van der Waals surface area contributed by atoms with Crippen molar-refractivity contribution in [1.29, 1.82) is 0 Å². The summed E-state index contributed by atoms with van der Waals surface area (Å²) in [5, 5.41) is 9.85. The van der Waals surface area contributed by atoms with Gasteiger partial charge in [0.2, 0.25) is 0 Å². The van der Waals surface area contributed by atoms with Crippen LogP contribution in [-0.2, 0) is 16.0 Å². The van der Waals surface area contributed by atoms with E-state index in [-0.39, 0.29) is 36.4 Å². The lowest BCUT2D eigenvalue weighted by atomic mass is 9.91. The molecule has 32 heavy (non-hydrogen) atoms. The molecule has 3 rings (SSSR count). The molecule has 0 amide bonds. The van der Waals surface area contributed by atoms with Crippen LogP contribution in [0.25, 0.3) is 11.1 Å². The zero-order valence-corrected chi connectivity index (χ0v) is 19.2. The summed E-state index contributed by atoms with van der Waals surface area (Å²) in [7, 11) is 0. The molecule has 0 radical (unpaired) electrons. The summed E-state index contributed by atoms with van der Waals surface area (Å²) in [6, 6.07) is 12.1. The van der Waals surface area contributed by atoms with Gasteiger partial charge in [-0.05, 0) is 68.5 Å². The molecule has 174 valence electrons. The molecule has 2 aromatic carbocycles. The van der Waals surface area contributed by atoms with E-state index in [1.54, 1.807) is 13.0 Å². The van der Waals surface area contributed by atoms with Gasteiger partial charge >= 0.3 is 5.97 Å². The molecule has 0 aliphatic carbocycles. The molecule has 0 aromatic heterocycles. The van der Waals surface area contributed by atoms with Crippen LogP contribution < -0.4 is 5.73 Å². The average molecular weight is 463 g/mol. The second-order valence-electron chi connectivity index (χ2n) is 8.42. The fourth-order valence-electron chi connectivity index (χ4n) is 4.20. The number of halogens is 2. The maximum atomic E-state index is 14.1. The van der Waals surface area contributed by atoms with Gasteiger partial charge in [0.05, 0.1) is 19.1 Å². The Morgan fingerprint density at radius 1 is 1.31 bits per heavy atom. The van der Waals surface area contributed by atoms with Crippen molar-refractivity contribution >= 4 is 17.6 Å². The maximum Gasteiger partial charge on any atom is 0.309 e. The number of likely N-dealkylation sites (tertiary alicyclic amines) is 1. The zero-order chi connectivity index (χ0) is 23.1. The number of nitrogens with zero attached hydrogens (tertiary/aromatic N) is 1. The number of carbonyl (C=O) groups is 1. The van der Waals surface area contributed by atoms with Gasteiger partial charge < -0.3 is 15.6 Å². The summed E-state index contributed by atoms with van der Waals surface area (Å²) in [6.07, 6.45) is 2.80.